The van der Waals surface area contributed by atoms with Crippen molar-refractivity contribution in [2.45, 2.75) is 19.1 Å². The molecule has 0 aliphatic rings. The van der Waals surface area contributed by atoms with Crippen LogP contribution in [0.15, 0.2) is 0 Å². The Bertz CT molecular complexity index is 206. The van der Waals surface area contributed by atoms with Crippen molar-refractivity contribution in [3.63, 3.8) is 0 Å². The van der Waals surface area contributed by atoms with Crippen molar-refractivity contribution < 1.29 is 8.42 Å². The van der Waals surface area contributed by atoms with Crippen LogP contribution in [0.1, 0.15) is 13.8 Å². The van der Waals surface area contributed by atoms with E-state index in [4.69, 9.17) is 6.42 Å². The van der Waals surface area contributed by atoms with Crippen LogP contribution in [0, 0.1) is 12.3 Å². The Morgan fingerprint density at radius 1 is 1.56 bits per heavy atom. The Hall–Kier alpha value is -0.490. The lowest BCUT2D eigenvalue weighted by Crippen LogP contribution is -2.16. The molecule has 3 heteroatoms. The first-order valence-corrected chi connectivity index (χ1v) is 4.37. The molecular formula is C6H10O2S. The maximum atomic E-state index is 10.8. The van der Waals surface area contributed by atoms with E-state index in [2.05, 4.69) is 5.92 Å². The molecule has 9 heavy (non-hydrogen) atoms. The highest BCUT2D eigenvalue weighted by atomic mass is 32.2. The highest BCUT2D eigenvalue weighted by molar-refractivity contribution is 7.92. The normalized spacial score (nSPS) is 11.3. The monoisotopic (exact) mass is 146 g/mol. The summed E-state index contributed by atoms with van der Waals surface area (Å²) in [5.74, 6) is 1.95. The molecule has 0 spiro atoms. The van der Waals surface area contributed by atoms with Crippen LogP contribution in [0.25, 0.3) is 0 Å². The summed E-state index contributed by atoms with van der Waals surface area (Å²) in [6, 6.07) is 0. The molecule has 0 amide bonds. The molecule has 0 rings (SSSR count). The van der Waals surface area contributed by atoms with Gasteiger partial charge in [-0.2, -0.15) is 0 Å². The van der Waals surface area contributed by atoms with E-state index in [0.717, 1.165) is 0 Å². The second kappa shape index (κ2) is 2.88. The fourth-order valence-electron chi connectivity index (χ4n) is 0.283. The molecule has 0 saturated carbocycles. The van der Waals surface area contributed by atoms with E-state index < -0.39 is 9.84 Å². The molecule has 0 heterocycles. The van der Waals surface area contributed by atoms with E-state index in [1.807, 2.05) is 0 Å². The summed E-state index contributed by atoms with van der Waals surface area (Å²) < 4.78 is 21.6. The van der Waals surface area contributed by atoms with Gasteiger partial charge in [0.2, 0.25) is 0 Å². The van der Waals surface area contributed by atoms with Crippen LogP contribution in [-0.2, 0) is 9.84 Å². The quantitative estimate of drug-likeness (QED) is 0.530. The number of hydrogen-bond donors (Lipinski definition) is 0. The third-order valence-corrected chi connectivity index (χ3v) is 3.01. The first-order chi connectivity index (χ1) is 4.00. The van der Waals surface area contributed by atoms with Gasteiger partial charge >= 0.3 is 0 Å². The van der Waals surface area contributed by atoms with Crippen LogP contribution in [0.4, 0.5) is 0 Å². The van der Waals surface area contributed by atoms with Gasteiger partial charge in [0.15, 0.2) is 9.84 Å². The average Bonchev–Trinajstić information content (AvgIpc) is 1.65. The standard InChI is InChI=1S/C6H10O2S/c1-4-5-9(7,8)6(2)3/h1,6H,5H2,2-3H3. The first kappa shape index (κ1) is 8.51. The highest BCUT2D eigenvalue weighted by Crippen LogP contribution is 1.98. The zero-order chi connectivity index (χ0) is 7.49. The van der Waals surface area contributed by atoms with Gasteiger partial charge in [-0.15, -0.1) is 6.42 Å². The minimum Gasteiger partial charge on any atom is -0.228 e. The third-order valence-electron chi connectivity index (χ3n) is 1.00. The Kier molecular flexibility index (Phi) is 2.72. The molecule has 0 fully saturated rings. The molecule has 0 unspecified atom stereocenters. The minimum atomic E-state index is -2.98. The van der Waals surface area contributed by atoms with Gasteiger partial charge in [0.25, 0.3) is 0 Å². The summed E-state index contributed by atoms with van der Waals surface area (Å²) in [5, 5.41) is -0.353. The first-order valence-electron chi connectivity index (χ1n) is 2.65. The molecule has 0 N–H and O–H groups in total. The minimum absolute atomic E-state index is 0.148. The second-order valence-electron chi connectivity index (χ2n) is 2.06. The molecular weight excluding hydrogens is 136 g/mol. The van der Waals surface area contributed by atoms with Crippen molar-refractivity contribution in [3.8, 4) is 12.3 Å². The Balaban J connectivity index is 4.28. The third kappa shape index (κ3) is 2.52. The number of rotatable bonds is 2. The average molecular weight is 146 g/mol. The van der Waals surface area contributed by atoms with E-state index in [9.17, 15) is 8.42 Å². The van der Waals surface area contributed by atoms with Gasteiger partial charge in [0.1, 0.15) is 5.75 Å². The fourth-order valence-corrected chi connectivity index (χ4v) is 0.848. The van der Waals surface area contributed by atoms with E-state index in [1.54, 1.807) is 13.8 Å². The van der Waals surface area contributed by atoms with Gasteiger partial charge in [-0.25, -0.2) is 8.42 Å². The van der Waals surface area contributed by atoms with Crippen LogP contribution < -0.4 is 0 Å². The number of sulfone groups is 1. The van der Waals surface area contributed by atoms with Gasteiger partial charge in [0, 0.05) is 0 Å². The van der Waals surface area contributed by atoms with E-state index in [-0.39, 0.29) is 11.0 Å². The van der Waals surface area contributed by atoms with Crippen molar-refractivity contribution in [1.82, 2.24) is 0 Å². The van der Waals surface area contributed by atoms with Gasteiger partial charge in [-0.05, 0) is 13.8 Å². The maximum absolute atomic E-state index is 10.8. The van der Waals surface area contributed by atoms with E-state index in [0.29, 0.717) is 0 Å². The van der Waals surface area contributed by atoms with Crippen LogP contribution in [-0.4, -0.2) is 19.4 Å². The van der Waals surface area contributed by atoms with Crippen LogP contribution in [0.3, 0.4) is 0 Å². The SMILES string of the molecule is C#CCS(=O)(=O)C(C)C. The Morgan fingerprint density at radius 2 is 2.00 bits per heavy atom. The molecule has 2 nitrogen and oxygen atoms in total. The van der Waals surface area contributed by atoms with Gasteiger partial charge in [-0.1, -0.05) is 5.92 Å². The van der Waals surface area contributed by atoms with E-state index in [1.165, 1.54) is 0 Å². The van der Waals surface area contributed by atoms with Crippen molar-refractivity contribution >= 4 is 9.84 Å². The van der Waals surface area contributed by atoms with Crippen LogP contribution in [0.2, 0.25) is 0 Å². The summed E-state index contributed by atoms with van der Waals surface area (Å²) in [7, 11) is -2.98. The van der Waals surface area contributed by atoms with Crippen molar-refractivity contribution in [2.24, 2.45) is 0 Å². The molecule has 0 radical (unpaired) electrons. The smallest absolute Gasteiger partial charge is 0.163 e. The van der Waals surface area contributed by atoms with E-state index >= 15 is 0 Å². The van der Waals surface area contributed by atoms with Crippen molar-refractivity contribution in [2.75, 3.05) is 5.75 Å². The van der Waals surface area contributed by atoms with Gasteiger partial charge < -0.3 is 0 Å². The second-order valence-corrected chi connectivity index (χ2v) is 4.62. The van der Waals surface area contributed by atoms with Crippen LogP contribution in [0.5, 0.6) is 0 Å². The van der Waals surface area contributed by atoms with Crippen molar-refractivity contribution in [3.05, 3.63) is 0 Å². The lowest BCUT2D eigenvalue weighted by Gasteiger charge is -2.01. The number of hydrogen-bond acceptors (Lipinski definition) is 2. The molecule has 52 valence electrons. The predicted molar refractivity (Wildman–Crippen MR) is 37.8 cm³/mol. The zero-order valence-corrected chi connectivity index (χ0v) is 6.40. The molecule has 0 aliphatic carbocycles. The molecule has 0 saturated heterocycles. The summed E-state index contributed by atoms with van der Waals surface area (Å²) in [4.78, 5) is 0. The fraction of sp³-hybridized carbons (Fsp3) is 0.667. The molecule has 0 atom stereocenters. The number of terminal acetylenes is 1. The summed E-state index contributed by atoms with van der Waals surface area (Å²) in [6.07, 6.45) is 4.82. The zero-order valence-electron chi connectivity index (χ0n) is 5.59. The molecule has 0 aromatic carbocycles. The summed E-state index contributed by atoms with van der Waals surface area (Å²) >= 11 is 0. The van der Waals surface area contributed by atoms with Gasteiger partial charge in [-0.3, -0.25) is 0 Å². The Labute approximate surface area is 56.2 Å². The summed E-state index contributed by atoms with van der Waals surface area (Å²) in [5.41, 5.74) is 0. The predicted octanol–water partition coefficient (Wildman–Crippen LogP) is 0.443. The Morgan fingerprint density at radius 3 is 2.11 bits per heavy atom. The molecule has 0 aliphatic heterocycles. The maximum Gasteiger partial charge on any atom is 0.163 e. The molecule has 0 aromatic rings. The lowest BCUT2D eigenvalue weighted by molar-refractivity contribution is 0.591. The molecule has 0 aromatic heterocycles. The topological polar surface area (TPSA) is 34.1 Å². The highest BCUT2D eigenvalue weighted by Gasteiger charge is 2.12. The largest absolute Gasteiger partial charge is 0.228 e. The molecule has 0 bridgehead atoms. The van der Waals surface area contributed by atoms with Crippen LogP contribution >= 0.6 is 0 Å². The van der Waals surface area contributed by atoms with Gasteiger partial charge in [0.05, 0.1) is 5.25 Å². The lowest BCUT2D eigenvalue weighted by atomic mass is 10.6. The summed E-state index contributed by atoms with van der Waals surface area (Å²) in [6.45, 7) is 3.24. The van der Waals surface area contributed by atoms with Crippen molar-refractivity contribution in [1.29, 1.82) is 0 Å².